The number of hydrogen-bond acceptors (Lipinski definition) is 5. The Kier molecular flexibility index (Phi) is 7.43. The van der Waals surface area contributed by atoms with E-state index in [1.54, 1.807) is 25.2 Å². The van der Waals surface area contributed by atoms with Crippen molar-refractivity contribution < 1.29 is 19.1 Å². The molecule has 1 N–H and O–H groups in total. The third kappa shape index (κ3) is 4.75. The Morgan fingerprint density at radius 3 is 2.50 bits per heavy atom. The van der Waals surface area contributed by atoms with Gasteiger partial charge in [0, 0.05) is 17.3 Å². The Balaban J connectivity index is 1.66. The maximum Gasteiger partial charge on any atom is 0.238 e. The van der Waals surface area contributed by atoms with Crippen LogP contribution in [0.4, 0.5) is 11.4 Å². The number of amides is 2. The normalized spacial score (nSPS) is 16.3. The molecular formula is C27H28N2O4S. The Morgan fingerprint density at radius 2 is 1.79 bits per heavy atom. The fourth-order valence-corrected chi connectivity index (χ4v) is 5.41. The summed E-state index contributed by atoms with van der Waals surface area (Å²) in [7, 11) is 3.16. The molecule has 0 spiro atoms. The van der Waals surface area contributed by atoms with E-state index in [0.717, 1.165) is 11.1 Å². The predicted molar refractivity (Wildman–Crippen MR) is 137 cm³/mol. The van der Waals surface area contributed by atoms with Crippen molar-refractivity contribution in [3.8, 4) is 11.5 Å². The van der Waals surface area contributed by atoms with Gasteiger partial charge in [0.25, 0.3) is 0 Å². The largest absolute Gasteiger partial charge is 0.497 e. The quantitative estimate of drug-likeness (QED) is 0.457. The summed E-state index contributed by atoms with van der Waals surface area (Å²) in [5, 5.41) is 2.83. The van der Waals surface area contributed by atoms with Gasteiger partial charge < -0.3 is 14.8 Å². The summed E-state index contributed by atoms with van der Waals surface area (Å²) in [5.41, 5.74) is 3.22. The second-order valence-corrected chi connectivity index (χ2v) is 8.98. The molecular weight excluding hydrogens is 448 g/mol. The minimum atomic E-state index is -0.303. The molecule has 6 nitrogen and oxygen atoms in total. The number of anilines is 2. The van der Waals surface area contributed by atoms with E-state index in [0.29, 0.717) is 35.0 Å². The average Bonchev–Trinajstić information content (AvgIpc) is 3.25. The highest BCUT2D eigenvalue weighted by atomic mass is 32.2. The van der Waals surface area contributed by atoms with Crippen LogP contribution in [-0.4, -0.2) is 31.8 Å². The van der Waals surface area contributed by atoms with Crippen LogP contribution in [-0.2, 0) is 9.59 Å². The minimum Gasteiger partial charge on any atom is -0.497 e. The van der Waals surface area contributed by atoms with Gasteiger partial charge in [-0.1, -0.05) is 55.5 Å². The van der Waals surface area contributed by atoms with Crippen molar-refractivity contribution >= 4 is 35.0 Å². The van der Waals surface area contributed by atoms with Gasteiger partial charge in [-0.15, -0.1) is 11.8 Å². The number of nitrogens with zero attached hydrogens (tertiary/aromatic N) is 1. The summed E-state index contributed by atoms with van der Waals surface area (Å²) in [4.78, 5) is 28.0. The second-order valence-electron chi connectivity index (χ2n) is 7.91. The van der Waals surface area contributed by atoms with E-state index in [2.05, 4.69) is 5.32 Å². The molecule has 1 fully saturated rings. The lowest BCUT2D eigenvalue weighted by atomic mass is 9.95. The van der Waals surface area contributed by atoms with Gasteiger partial charge >= 0.3 is 0 Å². The topological polar surface area (TPSA) is 67.9 Å². The molecule has 3 aromatic rings. The number of carbonyl (C=O) groups excluding carboxylic acids is 2. The Labute approximate surface area is 204 Å². The first-order valence-electron chi connectivity index (χ1n) is 11.2. The van der Waals surface area contributed by atoms with Crippen LogP contribution in [0, 0.1) is 0 Å². The van der Waals surface area contributed by atoms with Gasteiger partial charge in [-0.05, 0) is 30.2 Å². The molecule has 1 aliphatic heterocycles. The molecule has 4 rings (SSSR count). The third-order valence-corrected chi connectivity index (χ3v) is 7.12. The first-order valence-corrected chi connectivity index (χ1v) is 12.2. The maximum atomic E-state index is 13.3. The van der Waals surface area contributed by atoms with Crippen LogP contribution < -0.4 is 19.7 Å². The van der Waals surface area contributed by atoms with Crippen LogP contribution in [0.5, 0.6) is 11.5 Å². The molecule has 2 atom stereocenters. The SMILES string of the molecule is CCC(C(=O)Nc1ccccc1C1SCC(=O)N1c1ccc(OC)cc1OC)c1ccccc1. The highest BCUT2D eigenvalue weighted by Crippen LogP contribution is 2.47. The van der Waals surface area contributed by atoms with E-state index in [-0.39, 0.29) is 23.1 Å². The average molecular weight is 477 g/mol. The van der Waals surface area contributed by atoms with Gasteiger partial charge in [0.05, 0.1) is 31.6 Å². The maximum absolute atomic E-state index is 13.3. The van der Waals surface area contributed by atoms with E-state index in [1.165, 1.54) is 11.8 Å². The van der Waals surface area contributed by atoms with E-state index >= 15 is 0 Å². The van der Waals surface area contributed by atoms with Gasteiger partial charge in [0.15, 0.2) is 0 Å². The number of ether oxygens (including phenoxy) is 2. The number of methoxy groups -OCH3 is 2. The van der Waals surface area contributed by atoms with Crippen molar-refractivity contribution in [3.63, 3.8) is 0 Å². The lowest BCUT2D eigenvalue weighted by Crippen LogP contribution is -2.29. The van der Waals surface area contributed by atoms with Crippen molar-refractivity contribution in [2.24, 2.45) is 0 Å². The van der Waals surface area contributed by atoms with Crippen LogP contribution in [0.1, 0.15) is 35.8 Å². The second kappa shape index (κ2) is 10.7. The van der Waals surface area contributed by atoms with Crippen molar-refractivity contribution in [3.05, 3.63) is 83.9 Å². The summed E-state index contributed by atoms with van der Waals surface area (Å²) < 4.78 is 10.9. The fourth-order valence-electron chi connectivity index (χ4n) is 4.20. The van der Waals surface area contributed by atoms with E-state index in [4.69, 9.17) is 9.47 Å². The van der Waals surface area contributed by atoms with Crippen LogP contribution in [0.2, 0.25) is 0 Å². The zero-order chi connectivity index (χ0) is 24.1. The van der Waals surface area contributed by atoms with Crippen LogP contribution in [0.15, 0.2) is 72.8 Å². The molecule has 176 valence electrons. The van der Waals surface area contributed by atoms with E-state index in [1.807, 2.05) is 73.7 Å². The Hall–Kier alpha value is -3.45. The predicted octanol–water partition coefficient (Wildman–Crippen LogP) is 5.61. The number of para-hydroxylation sites is 1. The molecule has 0 bridgehead atoms. The molecule has 3 aromatic carbocycles. The van der Waals surface area contributed by atoms with Gasteiger partial charge in [-0.25, -0.2) is 0 Å². The Bertz CT molecular complexity index is 1170. The van der Waals surface area contributed by atoms with Gasteiger partial charge in [-0.2, -0.15) is 0 Å². The zero-order valence-corrected chi connectivity index (χ0v) is 20.3. The molecule has 1 saturated heterocycles. The van der Waals surface area contributed by atoms with Gasteiger partial charge in [0.2, 0.25) is 11.8 Å². The molecule has 2 unspecified atom stereocenters. The number of carbonyl (C=O) groups is 2. The lowest BCUT2D eigenvalue weighted by Gasteiger charge is -2.28. The van der Waals surface area contributed by atoms with Gasteiger partial charge in [0.1, 0.15) is 16.9 Å². The van der Waals surface area contributed by atoms with Gasteiger partial charge in [-0.3, -0.25) is 14.5 Å². The smallest absolute Gasteiger partial charge is 0.238 e. The molecule has 34 heavy (non-hydrogen) atoms. The number of benzene rings is 3. The highest BCUT2D eigenvalue weighted by Gasteiger charge is 2.37. The molecule has 7 heteroatoms. The third-order valence-electron chi connectivity index (χ3n) is 5.93. The molecule has 0 aromatic heterocycles. The summed E-state index contributed by atoms with van der Waals surface area (Å²) >= 11 is 1.53. The summed E-state index contributed by atoms with van der Waals surface area (Å²) in [6, 6.07) is 22.8. The molecule has 0 saturated carbocycles. The first kappa shape index (κ1) is 23.7. The van der Waals surface area contributed by atoms with Crippen LogP contribution in [0.3, 0.4) is 0 Å². The minimum absolute atomic E-state index is 0.0182. The number of thioether (sulfide) groups is 1. The van der Waals surface area contributed by atoms with E-state index in [9.17, 15) is 9.59 Å². The molecule has 2 amide bonds. The van der Waals surface area contributed by atoms with Crippen molar-refractivity contribution in [1.82, 2.24) is 0 Å². The summed E-state index contributed by atoms with van der Waals surface area (Å²) in [6.07, 6.45) is 0.684. The van der Waals surface area contributed by atoms with Crippen molar-refractivity contribution in [2.45, 2.75) is 24.6 Å². The highest BCUT2D eigenvalue weighted by molar-refractivity contribution is 8.00. The molecule has 0 radical (unpaired) electrons. The van der Waals surface area contributed by atoms with Crippen molar-refractivity contribution in [2.75, 3.05) is 30.2 Å². The summed E-state index contributed by atoms with van der Waals surface area (Å²) in [5.74, 6) is 1.20. The van der Waals surface area contributed by atoms with Crippen LogP contribution >= 0.6 is 11.8 Å². The standard InChI is InChI=1S/C27H28N2O4S/c1-4-20(18-10-6-5-7-11-18)26(31)28-22-13-9-8-12-21(22)27-29(25(30)17-34-27)23-15-14-19(32-2)16-24(23)33-3/h5-16,20,27H,4,17H2,1-3H3,(H,28,31). The Morgan fingerprint density at radius 1 is 1.06 bits per heavy atom. The lowest BCUT2D eigenvalue weighted by molar-refractivity contribution is -0.117. The zero-order valence-electron chi connectivity index (χ0n) is 19.5. The summed E-state index contributed by atoms with van der Waals surface area (Å²) in [6.45, 7) is 2.01. The molecule has 0 aliphatic carbocycles. The first-order chi connectivity index (χ1) is 16.6. The molecule has 1 heterocycles. The van der Waals surface area contributed by atoms with Crippen molar-refractivity contribution in [1.29, 1.82) is 0 Å². The number of rotatable bonds is 8. The van der Waals surface area contributed by atoms with E-state index < -0.39 is 0 Å². The van der Waals surface area contributed by atoms with Crippen LogP contribution in [0.25, 0.3) is 0 Å². The monoisotopic (exact) mass is 476 g/mol. The fraction of sp³-hybridized carbons (Fsp3) is 0.259. The molecule has 1 aliphatic rings. The number of hydrogen-bond donors (Lipinski definition) is 1. The number of nitrogens with one attached hydrogen (secondary N) is 1.